The zero-order valence-electron chi connectivity index (χ0n) is 17.0. The number of likely N-dealkylation sites (tertiary alicyclic amines) is 1. The fourth-order valence-corrected chi connectivity index (χ4v) is 5.21. The van der Waals surface area contributed by atoms with Gasteiger partial charge >= 0.3 is 0 Å². The van der Waals surface area contributed by atoms with Gasteiger partial charge in [0.05, 0.1) is 11.5 Å². The van der Waals surface area contributed by atoms with Gasteiger partial charge in [-0.1, -0.05) is 23.5 Å². The first kappa shape index (κ1) is 21.1. The molecular formula is C19H28N6OS2. The average Bonchev–Trinajstić information content (AvgIpc) is 3.06. The number of piperidine rings is 1. The first-order valence-corrected chi connectivity index (χ1v) is 11.7. The maximum absolute atomic E-state index is 12.6. The molecule has 152 valence electrons. The summed E-state index contributed by atoms with van der Waals surface area (Å²) in [6, 6.07) is 2.31. The lowest BCUT2D eigenvalue weighted by Crippen LogP contribution is -2.43. The standard InChI is InChI=1S/C19H28N6OS2/c1-5-24-16(11-27-18-20-13(2)10-14(3)21-18)22-23-19(24)28-12-17(26)25-9-7-6-8-15(25)4/h10,15H,5-9,11-12H2,1-4H3/t15-/m0/s1. The molecule has 1 fully saturated rings. The van der Waals surface area contributed by atoms with Crippen LogP contribution in [0.2, 0.25) is 0 Å². The zero-order valence-corrected chi connectivity index (χ0v) is 18.6. The van der Waals surface area contributed by atoms with E-state index in [0.717, 1.165) is 53.5 Å². The van der Waals surface area contributed by atoms with Gasteiger partial charge in [0, 0.05) is 30.5 Å². The zero-order chi connectivity index (χ0) is 20.1. The van der Waals surface area contributed by atoms with Gasteiger partial charge in [0.1, 0.15) is 5.82 Å². The monoisotopic (exact) mass is 420 g/mol. The number of hydrogen-bond donors (Lipinski definition) is 0. The lowest BCUT2D eigenvalue weighted by atomic mass is 10.0. The summed E-state index contributed by atoms with van der Waals surface area (Å²) in [5.74, 6) is 2.15. The van der Waals surface area contributed by atoms with Crippen molar-refractivity contribution in [2.75, 3.05) is 12.3 Å². The van der Waals surface area contributed by atoms with E-state index >= 15 is 0 Å². The van der Waals surface area contributed by atoms with Gasteiger partial charge in [0.25, 0.3) is 0 Å². The van der Waals surface area contributed by atoms with Crippen molar-refractivity contribution < 1.29 is 4.79 Å². The number of carbonyl (C=O) groups is 1. The molecule has 1 aliphatic rings. The molecular weight excluding hydrogens is 392 g/mol. The Kier molecular flexibility index (Phi) is 7.34. The molecule has 28 heavy (non-hydrogen) atoms. The van der Waals surface area contributed by atoms with Gasteiger partial charge in [-0.25, -0.2) is 9.97 Å². The number of aryl methyl sites for hydroxylation is 2. The molecule has 1 aliphatic heterocycles. The summed E-state index contributed by atoms with van der Waals surface area (Å²) in [7, 11) is 0. The summed E-state index contributed by atoms with van der Waals surface area (Å²) in [5.41, 5.74) is 1.93. The SMILES string of the molecule is CCn1c(CSc2nc(C)cc(C)n2)nnc1SCC(=O)N1CCCC[C@@H]1C. The van der Waals surface area contributed by atoms with E-state index in [2.05, 4.69) is 38.6 Å². The number of hydrogen-bond acceptors (Lipinski definition) is 7. The summed E-state index contributed by atoms with van der Waals surface area (Å²) in [5, 5.41) is 10.2. The van der Waals surface area contributed by atoms with Crippen LogP contribution in [-0.2, 0) is 17.1 Å². The highest BCUT2D eigenvalue weighted by Crippen LogP contribution is 2.24. The molecule has 1 saturated heterocycles. The second-order valence-corrected chi connectivity index (χ2v) is 8.97. The number of rotatable bonds is 7. The van der Waals surface area contributed by atoms with E-state index in [9.17, 15) is 4.79 Å². The molecule has 0 aromatic carbocycles. The van der Waals surface area contributed by atoms with E-state index in [1.165, 1.54) is 18.2 Å². The van der Waals surface area contributed by atoms with Crippen molar-refractivity contribution in [1.29, 1.82) is 0 Å². The van der Waals surface area contributed by atoms with Gasteiger partial charge in [-0.3, -0.25) is 4.79 Å². The van der Waals surface area contributed by atoms with E-state index in [1.54, 1.807) is 11.8 Å². The molecule has 2 aromatic rings. The Hall–Kier alpha value is -1.61. The molecule has 0 N–H and O–H groups in total. The number of aromatic nitrogens is 5. The summed E-state index contributed by atoms with van der Waals surface area (Å²) >= 11 is 3.04. The van der Waals surface area contributed by atoms with Crippen LogP contribution in [0.15, 0.2) is 16.4 Å². The Morgan fingerprint density at radius 2 is 1.93 bits per heavy atom. The minimum atomic E-state index is 0.197. The molecule has 0 radical (unpaired) electrons. The van der Waals surface area contributed by atoms with Crippen molar-refractivity contribution >= 4 is 29.4 Å². The summed E-state index contributed by atoms with van der Waals surface area (Å²) in [4.78, 5) is 23.5. The van der Waals surface area contributed by atoms with E-state index in [0.29, 0.717) is 17.5 Å². The Bertz CT molecular complexity index is 805. The van der Waals surface area contributed by atoms with Gasteiger partial charge < -0.3 is 9.47 Å². The van der Waals surface area contributed by atoms with Crippen molar-refractivity contribution in [3.05, 3.63) is 23.3 Å². The highest BCUT2D eigenvalue weighted by atomic mass is 32.2. The van der Waals surface area contributed by atoms with E-state index < -0.39 is 0 Å². The van der Waals surface area contributed by atoms with Crippen LogP contribution in [0.4, 0.5) is 0 Å². The number of thioether (sulfide) groups is 2. The first-order valence-electron chi connectivity index (χ1n) is 9.77. The summed E-state index contributed by atoms with van der Waals surface area (Å²) in [6.07, 6.45) is 3.42. The molecule has 2 aromatic heterocycles. The molecule has 0 bridgehead atoms. The van der Waals surface area contributed by atoms with Crippen LogP contribution in [-0.4, -0.2) is 53.9 Å². The van der Waals surface area contributed by atoms with Gasteiger partial charge in [0.15, 0.2) is 10.3 Å². The molecule has 1 amide bonds. The minimum absolute atomic E-state index is 0.197. The van der Waals surface area contributed by atoms with Crippen LogP contribution in [0, 0.1) is 13.8 Å². The Balaban J connectivity index is 1.60. The van der Waals surface area contributed by atoms with E-state index in [1.807, 2.05) is 24.8 Å². The normalized spacial score (nSPS) is 17.1. The molecule has 3 heterocycles. The van der Waals surface area contributed by atoms with Crippen molar-refractivity contribution in [2.24, 2.45) is 0 Å². The second-order valence-electron chi connectivity index (χ2n) is 7.09. The van der Waals surface area contributed by atoms with Crippen LogP contribution < -0.4 is 0 Å². The van der Waals surface area contributed by atoms with Gasteiger partial charge in [-0.05, 0) is 53.0 Å². The highest BCUT2D eigenvalue weighted by Gasteiger charge is 2.24. The van der Waals surface area contributed by atoms with Crippen LogP contribution in [0.25, 0.3) is 0 Å². The van der Waals surface area contributed by atoms with Gasteiger partial charge in [-0.15, -0.1) is 10.2 Å². The Morgan fingerprint density at radius 1 is 1.18 bits per heavy atom. The molecule has 0 saturated carbocycles. The van der Waals surface area contributed by atoms with Crippen LogP contribution in [0.1, 0.15) is 50.3 Å². The smallest absolute Gasteiger partial charge is 0.233 e. The lowest BCUT2D eigenvalue weighted by Gasteiger charge is -2.33. The fourth-order valence-electron chi connectivity index (χ4n) is 3.42. The maximum atomic E-state index is 12.6. The maximum Gasteiger partial charge on any atom is 0.233 e. The topological polar surface area (TPSA) is 76.8 Å². The fraction of sp³-hybridized carbons (Fsp3) is 0.632. The van der Waals surface area contributed by atoms with Crippen molar-refractivity contribution in [1.82, 2.24) is 29.6 Å². The molecule has 1 atom stereocenters. The molecule has 0 unspecified atom stereocenters. The number of nitrogens with zero attached hydrogens (tertiary/aromatic N) is 6. The minimum Gasteiger partial charge on any atom is -0.339 e. The predicted octanol–water partition coefficient (Wildman–Crippen LogP) is 3.49. The van der Waals surface area contributed by atoms with Crippen LogP contribution >= 0.6 is 23.5 Å². The van der Waals surface area contributed by atoms with Gasteiger partial charge in [0.2, 0.25) is 5.91 Å². The predicted molar refractivity (Wildman–Crippen MR) is 113 cm³/mol. The summed E-state index contributed by atoms with van der Waals surface area (Å²) < 4.78 is 2.08. The van der Waals surface area contributed by atoms with Gasteiger partial charge in [-0.2, -0.15) is 0 Å². The molecule has 0 aliphatic carbocycles. The average molecular weight is 421 g/mol. The number of amides is 1. The lowest BCUT2D eigenvalue weighted by molar-refractivity contribution is -0.131. The molecule has 3 rings (SSSR count). The summed E-state index contributed by atoms with van der Waals surface area (Å²) in [6.45, 7) is 9.81. The van der Waals surface area contributed by atoms with E-state index in [4.69, 9.17) is 0 Å². The molecule has 0 spiro atoms. The quantitative estimate of drug-likeness (QED) is 0.501. The van der Waals surface area contributed by atoms with Crippen molar-refractivity contribution in [3.63, 3.8) is 0 Å². The second kappa shape index (κ2) is 9.73. The highest BCUT2D eigenvalue weighted by molar-refractivity contribution is 7.99. The largest absolute Gasteiger partial charge is 0.339 e. The van der Waals surface area contributed by atoms with Crippen molar-refractivity contribution in [3.8, 4) is 0 Å². The Morgan fingerprint density at radius 3 is 2.61 bits per heavy atom. The Labute approximate surface area is 175 Å². The third-order valence-electron chi connectivity index (χ3n) is 4.85. The number of carbonyl (C=O) groups excluding carboxylic acids is 1. The van der Waals surface area contributed by atoms with Crippen LogP contribution in [0.5, 0.6) is 0 Å². The first-order chi connectivity index (χ1) is 13.5. The van der Waals surface area contributed by atoms with Crippen LogP contribution in [0.3, 0.4) is 0 Å². The molecule has 9 heteroatoms. The molecule has 7 nitrogen and oxygen atoms in total. The third-order valence-corrected chi connectivity index (χ3v) is 6.64. The van der Waals surface area contributed by atoms with E-state index in [-0.39, 0.29) is 5.91 Å². The third kappa shape index (κ3) is 5.26. The van der Waals surface area contributed by atoms with Crippen molar-refractivity contribution in [2.45, 2.75) is 75.6 Å².